The molecule has 30 heteroatoms. The monoisotopic (exact) mass is 1570 g/mol. The standard InChI is InChI=1S/C78H100ClF3N10O13S3/c1-52(83-6)72(94)86-67-29-40-105-70-48-77(4,5)71(92(70)75(67)97)74(96)85-65-14-10-11-55-45-60(23-25-64(55)65)104-44-43-102-41-42-103-50-69(93)91-38-32-88(33-39-91)31-28-58(51-106-61-12-8-7-9-13-61)84-66-26-24-62(46-68(66)107(98,99)78(80,81)82)108(100,101)87-73(95)54-17-21-59(22-18-54)90-36-34-89(35-37-90)49-56-47-76(2,3)30-27-63(56)53-15-19-57(79)20-16-53/h7-9,12-13,15-26,45-46,52,58,65,67,70-71,83-84H,10-11,14,27-44,47-51H2,1-6H3,(H,85,96)(H,86,94)(H,87,95)/t52-,58+,65+,67-,70-,71+/m0/s1. The smallest absolute Gasteiger partial charge is 0.491 e. The number of hydrogen-bond acceptors (Lipinski definition) is 19. The highest BCUT2D eigenvalue weighted by atomic mass is 35.5. The van der Waals surface area contributed by atoms with Crippen LogP contribution in [-0.2, 0) is 59.7 Å². The van der Waals surface area contributed by atoms with Gasteiger partial charge in [-0.05, 0) is 177 Å². The number of fused-ring (bicyclic) bond motifs is 2. The Morgan fingerprint density at radius 2 is 1.48 bits per heavy atom. The molecule has 4 saturated heterocycles. The van der Waals surface area contributed by atoms with E-state index in [-0.39, 0.29) is 86.0 Å². The summed E-state index contributed by atoms with van der Waals surface area (Å²) in [6, 6.07) is 28.7. The van der Waals surface area contributed by atoms with Gasteiger partial charge in [0.1, 0.15) is 42.2 Å². The largest absolute Gasteiger partial charge is 0.501 e. The number of piperazine rings is 2. The molecule has 4 aliphatic heterocycles. The van der Waals surface area contributed by atoms with Crippen LogP contribution >= 0.6 is 23.4 Å². The van der Waals surface area contributed by atoms with Gasteiger partial charge in [-0.3, -0.25) is 33.8 Å². The molecule has 23 nitrogen and oxygen atoms in total. The quantitative estimate of drug-likeness (QED) is 0.0211. The first-order chi connectivity index (χ1) is 51.4. The van der Waals surface area contributed by atoms with E-state index in [9.17, 15) is 54.0 Å². The first-order valence-corrected chi connectivity index (χ1v) is 41.4. The highest BCUT2D eigenvalue weighted by Gasteiger charge is 2.55. The number of carbonyl (C=O) groups is 5. The number of carbonyl (C=O) groups excluding carboxylic acids is 5. The predicted octanol–water partition coefficient (Wildman–Crippen LogP) is 9.72. The SMILES string of the molecule is CN[C@@H](C)C(=O)N[C@H]1CCO[C@H]2CC(C)(C)[C@@H](C(=O)N[C@@H]3CCCc4cc(OCCOCCOCC(=O)N5CCN(CC[C@H](CSc6ccccc6)Nc6ccc(S(=O)(=O)NC(=O)c7ccc(N8CCN(CC9=C(c%10ccc(Cl)cc%10)CCC(C)(C)C9)CC8)cc7)cc6S(=O)(=O)C(F)(F)F)CC5)ccc43)N2C1=O. The fourth-order valence-corrected chi connectivity index (χ4v) is 18.3. The molecule has 11 rings (SSSR count). The molecule has 0 radical (unpaired) electrons. The summed E-state index contributed by atoms with van der Waals surface area (Å²) in [7, 11) is -9.45. The second-order valence-corrected chi connectivity index (χ2v) is 35.2. The van der Waals surface area contributed by atoms with Gasteiger partial charge in [-0.15, -0.1) is 11.8 Å². The van der Waals surface area contributed by atoms with Crippen molar-refractivity contribution in [2.75, 3.05) is 128 Å². The Balaban J connectivity index is 0.620. The molecule has 2 aliphatic carbocycles. The number of nitrogens with zero attached hydrogens (tertiary/aromatic N) is 5. The first kappa shape index (κ1) is 81.7. The summed E-state index contributed by atoms with van der Waals surface area (Å²) in [5.74, 6) is -1.27. The summed E-state index contributed by atoms with van der Waals surface area (Å²) >= 11 is 7.62. The number of ether oxygens (including phenoxy) is 4. The van der Waals surface area contributed by atoms with Gasteiger partial charge >= 0.3 is 5.51 Å². The van der Waals surface area contributed by atoms with Crippen LogP contribution < -0.4 is 35.6 Å². The van der Waals surface area contributed by atoms with E-state index in [0.29, 0.717) is 81.9 Å². The molecule has 6 atom stereocenters. The van der Waals surface area contributed by atoms with E-state index < -0.39 is 82.6 Å². The second-order valence-electron chi connectivity index (χ2n) is 30.1. The van der Waals surface area contributed by atoms with Crippen LogP contribution in [0.3, 0.4) is 0 Å². The Hall–Kier alpha value is -7.32. The Kier molecular flexibility index (Phi) is 27.1. The van der Waals surface area contributed by atoms with Crippen molar-refractivity contribution in [1.82, 2.24) is 40.3 Å². The molecule has 0 spiro atoms. The molecule has 108 heavy (non-hydrogen) atoms. The van der Waals surface area contributed by atoms with Gasteiger partial charge < -0.3 is 54.9 Å². The molecule has 5 amide bonds. The summed E-state index contributed by atoms with van der Waals surface area (Å²) in [5, 5.41) is 12.7. The number of benzene rings is 5. The summed E-state index contributed by atoms with van der Waals surface area (Å²) in [6.07, 6.45) is 5.92. The van der Waals surface area contributed by atoms with Crippen LogP contribution in [0, 0.1) is 10.8 Å². The molecule has 0 bridgehead atoms. The third kappa shape index (κ3) is 20.6. The zero-order chi connectivity index (χ0) is 77.1. The van der Waals surface area contributed by atoms with Crippen molar-refractivity contribution >= 4 is 89.7 Å². The molecule has 586 valence electrons. The van der Waals surface area contributed by atoms with Gasteiger partial charge in [-0.2, -0.15) is 13.2 Å². The van der Waals surface area contributed by atoms with Crippen LogP contribution in [0.25, 0.3) is 5.57 Å². The minimum absolute atomic E-state index is 0.0381. The Labute approximate surface area is 641 Å². The minimum Gasteiger partial charge on any atom is -0.491 e. The Bertz CT molecular complexity index is 4260. The van der Waals surface area contributed by atoms with E-state index >= 15 is 0 Å². The topological polar surface area (TPSA) is 267 Å². The summed E-state index contributed by atoms with van der Waals surface area (Å²) in [6.45, 7) is 17.1. The maximum Gasteiger partial charge on any atom is 0.501 e. The molecule has 0 unspecified atom stereocenters. The lowest BCUT2D eigenvalue weighted by Crippen LogP contribution is -2.58. The fraction of sp³-hybridized carbons (Fsp3) is 0.526. The fourth-order valence-electron chi connectivity index (χ4n) is 15.1. The van der Waals surface area contributed by atoms with Crippen LogP contribution in [0.1, 0.15) is 119 Å². The zero-order valence-electron chi connectivity index (χ0n) is 62.1. The number of thioether (sulfide) groups is 1. The Morgan fingerprint density at radius 1 is 0.778 bits per heavy atom. The molecular formula is C78H100ClF3N10O13S3. The normalized spacial score (nSPS) is 21.3. The van der Waals surface area contributed by atoms with Crippen molar-refractivity contribution in [1.29, 1.82) is 0 Å². The molecule has 4 heterocycles. The number of halogens is 4. The predicted molar refractivity (Wildman–Crippen MR) is 409 cm³/mol. The number of likely N-dealkylation sites (N-methyl/N-ethyl adjacent to an activating group) is 1. The van der Waals surface area contributed by atoms with Gasteiger partial charge in [0.25, 0.3) is 25.8 Å². The lowest BCUT2D eigenvalue weighted by atomic mass is 9.73. The first-order valence-electron chi connectivity index (χ1n) is 37.1. The molecule has 0 aromatic heterocycles. The molecule has 5 N–H and O–H groups in total. The maximum absolute atomic E-state index is 14.6. The van der Waals surface area contributed by atoms with Crippen LogP contribution in [0.4, 0.5) is 24.5 Å². The highest BCUT2D eigenvalue weighted by Crippen LogP contribution is 2.46. The molecule has 4 fully saturated rings. The van der Waals surface area contributed by atoms with Crippen molar-refractivity contribution < 1.29 is 72.9 Å². The number of allylic oxidation sites excluding steroid dienone is 1. The second kappa shape index (κ2) is 35.8. The molecule has 6 aliphatic rings. The van der Waals surface area contributed by atoms with Gasteiger partial charge in [-0.1, -0.05) is 81.3 Å². The van der Waals surface area contributed by atoms with Gasteiger partial charge in [0.05, 0.1) is 49.1 Å². The van der Waals surface area contributed by atoms with Crippen molar-refractivity contribution in [3.8, 4) is 5.75 Å². The number of aryl methyl sites for hydroxylation is 1. The van der Waals surface area contributed by atoms with E-state index in [1.54, 1.807) is 31.0 Å². The Morgan fingerprint density at radius 3 is 2.19 bits per heavy atom. The number of rotatable bonds is 30. The van der Waals surface area contributed by atoms with E-state index in [1.165, 1.54) is 45.5 Å². The lowest BCUT2D eigenvalue weighted by Gasteiger charge is -2.39. The maximum atomic E-state index is 14.6. The van der Waals surface area contributed by atoms with Gasteiger partial charge in [-0.25, -0.2) is 21.6 Å². The minimum atomic E-state index is -6.18. The summed E-state index contributed by atoms with van der Waals surface area (Å²) in [5.41, 5.74) is 0.103. The van der Waals surface area contributed by atoms with E-state index in [0.717, 1.165) is 92.0 Å². The molecule has 0 saturated carbocycles. The average Bonchev–Trinajstić information content (AvgIpc) is 1.64. The number of sulfonamides is 1. The van der Waals surface area contributed by atoms with Crippen LogP contribution in [0.5, 0.6) is 5.75 Å². The van der Waals surface area contributed by atoms with Crippen molar-refractivity contribution in [3.63, 3.8) is 0 Å². The van der Waals surface area contributed by atoms with Gasteiger partial charge in [0, 0.05) is 105 Å². The number of hydrogen-bond donors (Lipinski definition) is 5. The zero-order valence-corrected chi connectivity index (χ0v) is 65.3. The van der Waals surface area contributed by atoms with Crippen LogP contribution in [0.15, 0.2) is 136 Å². The van der Waals surface area contributed by atoms with Crippen LogP contribution in [0.2, 0.25) is 5.02 Å². The number of alkyl halides is 3. The van der Waals surface area contributed by atoms with Gasteiger partial charge in [0.2, 0.25) is 23.6 Å². The molecule has 5 aromatic carbocycles. The molecular weight excluding hydrogens is 1470 g/mol. The average molecular weight is 1570 g/mol. The van der Waals surface area contributed by atoms with Crippen molar-refractivity contribution in [2.45, 2.75) is 149 Å². The number of anilines is 2. The van der Waals surface area contributed by atoms with E-state index in [4.69, 9.17) is 30.5 Å². The lowest BCUT2D eigenvalue weighted by molar-refractivity contribution is -0.150. The number of amides is 5. The third-order valence-corrected chi connectivity index (χ3v) is 25.6. The van der Waals surface area contributed by atoms with Gasteiger partial charge in [0.15, 0.2) is 0 Å². The van der Waals surface area contributed by atoms with Crippen LogP contribution in [-0.4, -0.2) is 220 Å². The number of nitrogens with one attached hydrogen (secondary N) is 5. The molecule has 5 aromatic rings. The van der Waals surface area contributed by atoms with Crippen molar-refractivity contribution in [2.24, 2.45) is 10.8 Å². The van der Waals surface area contributed by atoms with Crippen molar-refractivity contribution in [3.05, 3.63) is 148 Å². The number of sulfone groups is 1. The summed E-state index contributed by atoms with van der Waals surface area (Å²) in [4.78, 5) is 76.7. The van der Waals surface area contributed by atoms with E-state index in [1.807, 2.05) is 79.2 Å². The van der Waals surface area contributed by atoms with E-state index in [2.05, 4.69) is 61.9 Å². The highest BCUT2D eigenvalue weighted by molar-refractivity contribution is 7.99. The third-order valence-electron chi connectivity index (χ3n) is 21.3. The summed E-state index contributed by atoms with van der Waals surface area (Å²) < 4.78 is 124.